The van der Waals surface area contributed by atoms with Crippen LogP contribution < -0.4 is 5.32 Å². The molecule has 0 aromatic carbocycles. The van der Waals surface area contributed by atoms with Crippen LogP contribution in [0.5, 0.6) is 0 Å². The number of amides is 1. The highest BCUT2D eigenvalue weighted by atomic mass is 19.4. The van der Waals surface area contributed by atoms with Crippen LogP contribution in [0.1, 0.15) is 34.6 Å². The summed E-state index contributed by atoms with van der Waals surface area (Å²) in [6.45, 7) is 9.66. The number of nitrogens with one attached hydrogen (secondary N) is 1. The molecule has 1 N–H and O–H groups in total. The van der Waals surface area contributed by atoms with Crippen LogP contribution in [0.25, 0.3) is 0 Å². The second-order valence-electron chi connectivity index (χ2n) is 5.92. The van der Waals surface area contributed by atoms with Crippen molar-refractivity contribution in [2.45, 2.75) is 52.9 Å². The summed E-state index contributed by atoms with van der Waals surface area (Å²) < 4.78 is 36.9. The molecule has 0 aliphatic carbocycles. The normalized spacial score (nSPS) is 14.8. The van der Waals surface area contributed by atoms with Crippen LogP contribution in [0.3, 0.4) is 0 Å². The molecule has 0 aliphatic rings. The molecule has 6 heteroatoms. The molecule has 0 saturated heterocycles. The van der Waals surface area contributed by atoms with Gasteiger partial charge in [0.25, 0.3) is 0 Å². The molecule has 0 unspecified atom stereocenters. The number of nitrogens with zero attached hydrogens (tertiary/aromatic N) is 1. The van der Waals surface area contributed by atoms with Gasteiger partial charge >= 0.3 is 12.1 Å². The van der Waals surface area contributed by atoms with Crippen LogP contribution in [-0.2, 0) is 4.79 Å². The van der Waals surface area contributed by atoms with Crippen molar-refractivity contribution < 1.29 is 18.0 Å². The Bertz CT molecular complexity index is 282. The molecule has 0 heterocycles. The maximum absolute atomic E-state index is 12.3. The van der Waals surface area contributed by atoms with Gasteiger partial charge in [-0.25, -0.2) is 0 Å². The number of likely N-dealkylation sites (N-methyl/N-ethyl adjacent to an activating group) is 1. The Balaban J connectivity index is 4.74. The molecule has 1 amide bonds. The van der Waals surface area contributed by atoms with Gasteiger partial charge in [0.05, 0.1) is 0 Å². The molecule has 3 nitrogen and oxygen atoms in total. The predicted octanol–water partition coefficient (Wildman–Crippen LogP) is 2.42. The highest BCUT2D eigenvalue weighted by Gasteiger charge is 2.42. The second kappa shape index (κ2) is 5.91. The maximum atomic E-state index is 12.3. The summed E-state index contributed by atoms with van der Waals surface area (Å²) >= 11 is 0. The quantitative estimate of drug-likeness (QED) is 0.849. The van der Waals surface area contributed by atoms with E-state index in [1.807, 2.05) is 34.6 Å². The highest BCUT2D eigenvalue weighted by Crippen LogP contribution is 2.23. The first-order valence-corrected chi connectivity index (χ1v) is 5.94. The van der Waals surface area contributed by atoms with Crippen molar-refractivity contribution in [2.75, 3.05) is 13.6 Å². The van der Waals surface area contributed by atoms with E-state index in [0.717, 1.165) is 4.90 Å². The van der Waals surface area contributed by atoms with E-state index in [1.165, 1.54) is 7.05 Å². The van der Waals surface area contributed by atoms with Crippen LogP contribution in [0.15, 0.2) is 0 Å². The fraction of sp³-hybridized carbons (Fsp3) is 0.917. The van der Waals surface area contributed by atoms with Crippen molar-refractivity contribution >= 4 is 5.91 Å². The zero-order chi connectivity index (χ0) is 14.7. The summed E-state index contributed by atoms with van der Waals surface area (Å²) in [5, 5.41) is 3.20. The molecule has 108 valence electrons. The summed E-state index contributed by atoms with van der Waals surface area (Å²) in [6.07, 6.45) is -4.81. The van der Waals surface area contributed by atoms with E-state index in [2.05, 4.69) is 5.32 Å². The SMILES string of the molecule is CC(C)N[C@H](CN(C)C(=O)C(F)(F)F)C(C)(C)C. The van der Waals surface area contributed by atoms with E-state index < -0.39 is 12.1 Å². The van der Waals surface area contributed by atoms with Gasteiger partial charge in [-0.2, -0.15) is 13.2 Å². The van der Waals surface area contributed by atoms with Gasteiger partial charge in [-0.1, -0.05) is 34.6 Å². The number of alkyl halides is 3. The van der Waals surface area contributed by atoms with E-state index in [0.29, 0.717) is 0 Å². The molecule has 0 radical (unpaired) electrons. The molecule has 0 rings (SSSR count). The van der Waals surface area contributed by atoms with Gasteiger partial charge in [-0.05, 0) is 5.41 Å². The summed E-state index contributed by atoms with van der Waals surface area (Å²) in [5.74, 6) is -1.80. The van der Waals surface area contributed by atoms with Crippen LogP contribution in [-0.4, -0.2) is 42.7 Å². The van der Waals surface area contributed by atoms with Crippen molar-refractivity contribution in [1.29, 1.82) is 0 Å². The number of hydrogen-bond donors (Lipinski definition) is 1. The fourth-order valence-electron chi connectivity index (χ4n) is 1.55. The first-order valence-electron chi connectivity index (χ1n) is 5.94. The van der Waals surface area contributed by atoms with Crippen LogP contribution >= 0.6 is 0 Å². The summed E-state index contributed by atoms with van der Waals surface area (Å²) in [6, 6.07) is -0.0580. The van der Waals surface area contributed by atoms with Crippen molar-refractivity contribution in [3.63, 3.8) is 0 Å². The van der Waals surface area contributed by atoms with Crippen LogP contribution in [0.4, 0.5) is 13.2 Å². The van der Waals surface area contributed by atoms with Gasteiger partial charge in [0.2, 0.25) is 0 Å². The molecule has 0 aromatic rings. The third-order valence-corrected chi connectivity index (χ3v) is 2.63. The fourth-order valence-corrected chi connectivity index (χ4v) is 1.55. The van der Waals surface area contributed by atoms with E-state index >= 15 is 0 Å². The first-order chi connectivity index (χ1) is 7.85. The lowest BCUT2D eigenvalue weighted by atomic mass is 9.86. The van der Waals surface area contributed by atoms with Gasteiger partial charge in [0.1, 0.15) is 0 Å². The van der Waals surface area contributed by atoms with E-state index in [-0.39, 0.29) is 24.0 Å². The minimum atomic E-state index is -4.81. The van der Waals surface area contributed by atoms with Gasteiger partial charge < -0.3 is 10.2 Å². The van der Waals surface area contributed by atoms with Gasteiger partial charge in [0.15, 0.2) is 0 Å². The molecule has 0 saturated carbocycles. The molecule has 0 aromatic heterocycles. The third kappa shape index (κ3) is 5.71. The second-order valence-corrected chi connectivity index (χ2v) is 5.92. The molecule has 0 aliphatic heterocycles. The lowest BCUT2D eigenvalue weighted by Gasteiger charge is -2.36. The molecular formula is C12H23F3N2O. The Morgan fingerprint density at radius 1 is 1.22 bits per heavy atom. The average Bonchev–Trinajstić information content (AvgIpc) is 2.11. The third-order valence-electron chi connectivity index (χ3n) is 2.63. The van der Waals surface area contributed by atoms with Crippen molar-refractivity contribution in [3.05, 3.63) is 0 Å². The van der Waals surface area contributed by atoms with Crippen molar-refractivity contribution in [2.24, 2.45) is 5.41 Å². The van der Waals surface area contributed by atoms with E-state index in [9.17, 15) is 18.0 Å². The predicted molar refractivity (Wildman–Crippen MR) is 65.2 cm³/mol. The smallest absolute Gasteiger partial charge is 0.336 e. The lowest BCUT2D eigenvalue weighted by molar-refractivity contribution is -0.184. The van der Waals surface area contributed by atoms with Gasteiger partial charge in [-0.3, -0.25) is 4.79 Å². The Morgan fingerprint density at radius 2 is 1.67 bits per heavy atom. The topological polar surface area (TPSA) is 32.3 Å². The Kier molecular flexibility index (Phi) is 5.65. The number of hydrogen-bond acceptors (Lipinski definition) is 2. The van der Waals surface area contributed by atoms with Crippen molar-refractivity contribution in [3.8, 4) is 0 Å². The molecule has 0 bridgehead atoms. The molecule has 18 heavy (non-hydrogen) atoms. The molecular weight excluding hydrogens is 245 g/mol. The summed E-state index contributed by atoms with van der Waals surface area (Å²) in [4.78, 5) is 11.8. The van der Waals surface area contributed by atoms with Crippen LogP contribution in [0.2, 0.25) is 0 Å². The standard InChI is InChI=1S/C12H23F3N2O/c1-8(2)16-9(11(3,4)5)7-17(6)10(18)12(13,14)15/h8-9,16H,7H2,1-6H3/t9-/m1/s1. The minimum absolute atomic E-state index is 0.0278. The minimum Gasteiger partial charge on any atom is -0.336 e. The number of halogens is 3. The highest BCUT2D eigenvalue weighted by molar-refractivity contribution is 5.81. The number of rotatable bonds is 4. The van der Waals surface area contributed by atoms with Gasteiger partial charge in [-0.15, -0.1) is 0 Å². The van der Waals surface area contributed by atoms with E-state index in [1.54, 1.807) is 0 Å². The Hall–Kier alpha value is -0.780. The summed E-state index contributed by atoms with van der Waals surface area (Å²) in [7, 11) is 1.18. The first kappa shape index (κ1) is 17.2. The number of carbonyl (C=O) groups is 1. The molecule has 0 spiro atoms. The lowest BCUT2D eigenvalue weighted by Crippen LogP contribution is -2.53. The molecule has 0 fully saturated rings. The largest absolute Gasteiger partial charge is 0.471 e. The van der Waals surface area contributed by atoms with E-state index in [4.69, 9.17) is 0 Å². The van der Waals surface area contributed by atoms with Crippen LogP contribution in [0, 0.1) is 5.41 Å². The zero-order valence-corrected chi connectivity index (χ0v) is 11.9. The number of carbonyl (C=O) groups excluding carboxylic acids is 1. The Morgan fingerprint density at radius 3 is 1.94 bits per heavy atom. The summed E-state index contributed by atoms with van der Waals surface area (Å²) in [5.41, 5.74) is -0.232. The zero-order valence-electron chi connectivity index (χ0n) is 11.9. The molecule has 1 atom stereocenters. The monoisotopic (exact) mass is 268 g/mol. The van der Waals surface area contributed by atoms with Gasteiger partial charge in [0, 0.05) is 25.7 Å². The average molecular weight is 268 g/mol. The van der Waals surface area contributed by atoms with Crippen molar-refractivity contribution in [1.82, 2.24) is 10.2 Å². The Labute approximate surface area is 107 Å². The maximum Gasteiger partial charge on any atom is 0.471 e.